The van der Waals surface area contributed by atoms with E-state index in [-0.39, 0.29) is 23.8 Å². The van der Waals surface area contributed by atoms with Crippen molar-refractivity contribution in [3.8, 4) is 11.1 Å². The maximum Gasteiger partial charge on any atom is 0.226 e. The van der Waals surface area contributed by atoms with Crippen LogP contribution in [0.15, 0.2) is 79.6 Å². The predicted octanol–water partition coefficient (Wildman–Crippen LogP) is 4.59. The number of nitrogens with zero attached hydrogens (tertiary/aromatic N) is 4. The number of H-pyrrole nitrogens is 1. The summed E-state index contributed by atoms with van der Waals surface area (Å²) in [6.07, 6.45) is 17.5. The second-order valence-electron chi connectivity index (χ2n) is 9.32. The number of pyridine rings is 3. The van der Waals surface area contributed by atoms with Crippen LogP contribution in [0.2, 0.25) is 0 Å². The number of anilines is 1. The molecule has 8 heteroatoms. The molecule has 8 nitrogen and oxygen atoms in total. The maximum atomic E-state index is 12.1. The van der Waals surface area contributed by atoms with Gasteiger partial charge in [-0.15, -0.1) is 0 Å². The van der Waals surface area contributed by atoms with Gasteiger partial charge in [0.2, 0.25) is 5.91 Å². The van der Waals surface area contributed by atoms with Gasteiger partial charge in [0.25, 0.3) is 0 Å². The van der Waals surface area contributed by atoms with E-state index in [4.69, 9.17) is 0 Å². The van der Waals surface area contributed by atoms with Crippen LogP contribution in [0.25, 0.3) is 33.4 Å². The van der Waals surface area contributed by atoms with Crippen LogP contribution in [-0.4, -0.2) is 37.1 Å². The maximum absolute atomic E-state index is 12.1. The van der Waals surface area contributed by atoms with E-state index >= 15 is 0 Å². The van der Waals surface area contributed by atoms with E-state index in [0.29, 0.717) is 11.3 Å². The molecular weight excluding hydrogens is 450 g/mol. The van der Waals surface area contributed by atoms with Crippen LogP contribution in [0.1, 0.15) is 25.1 Å². The van der Waals surface area contributed by atoms with Crippen LogP contribution in [0, 0.1) is 11.8 Å². The summed E-state index contributed by atoms with van der Waals surface area (Å²) in [5.74, 6) is 0.0433. The molecule has 5 heterocycles. The number of aromatic nitrogens is 5. The third-order valence-corrected chi connectivity index (χ3v) is 6.56. The number of carbonyl (C=O) groups is 1. The minimum Gasteiger partial charge on any atom is -0.376 e. The van der Waals surface area contributed by atoms with Crippen molar-refractivity contribution in [1.29, 1.82) is 0 Å². The third kappa shape index (κ3) is 3.96. The van der Waals surface area contributed by atoms with E-state index in [9.17, 15) is 4.79 Å². The molecule has 2 unspecified atom stereocenters. The highest BCUT2D eigenvalue weighted by Crippen LogP contribution is 2.38. The molecule has 2 aliphatic rings. The summed E-state index contributed by atoms with van der Waals surface area (Å²) in [7, 11) is 0. The molecule has 3 N–H and O–H groups in total. The number of nitrogens with one attached hydrogen (secondary N) is 3. The largest absolute Gasteiger partial charge is 0.376 e. The summed E-state index contributed by atoms with van der Waals surface area (Å²) in [6.45, 7) is 3.72. The molecule has 0 fully saturated rings. The first-order valence-corrected chi connectivity index (χ1v) is 11.9. The zero-order chi connectivity index (χ0) is 24.6. The highest BCUT2D eigenvalue weighted by atomic mass is 16.1. The molecular formula is C28H25N7O. The summed E-state index contributed by atoms with van der Waals surface area (Å²) in [6, 6.07) is 8.22. The van der Waals surface area contributed by atoms with Crippen molar-refractivity contribution < 1.29 is 4.79 Å². The zero-order valence-corrected chi connectivity index (χ0v) is 19.9. The second-order valence-corrected chi connectivity index (χ2v) is 9.32. The standard InChI is InChI=1S/C28H25N7O/c1-16(2)28(36)32-20-10-18(13-30-15-20)19-11-23-26(34-35-27(23)31-14-19)25-12-22-21(4-3-5-24(22)33-25)17-6-8-29-9-7-17/h3-16,22,24,33H,1-2H3,(H,32,36)(H,31,34,35). The predicted molar refractivity (Wildman–Crippen MR) is 140 cm³/mol. The molecule has 4 aromatic heterocycles. The number of hydrogen-bond donors (Lipinski definition) is 3. The lowest BCUT2D eigenvalue weighted by molar-refractivity contribution is -0.118. The monoisotopic (exact) mass is 475 g/mol. The van der Waals surface area contributed by atoms with Crippen LogP contribution in [0.5, 0.6) is 0 Å². The fraction of sp³-hybridized carbons (Fsp3) is 0.179. The van der Waals surface area contributed by atoms with Gasteiger partial charge in [-0.1, -0.05) is 32.1 Å². The van der Waals surface area contributed by atoms with Crippen LogP contribution < -0.4 is 10.6 Å². The van der Waals surface area contributed by atoms with Crippen molar-refractivity contribution in [2.24, 2.45) is 11.8 Å². The third-order valence-electron chi connectivity index (χ3n) is 6.56. The van der Waals surface area contributed by atoms with Gasteiger partial charge in [-0.25, -0.2) is 4.98 Å². The molecule has 36 heavy (non-hydrogen) atoms. The normalized spacial score (nSPS) is 18.5. The van der Waals surface area contributed by atoms with Gasteiger partial charge < -0.3 is 10.6 Å². The number of rotatable bonds is 5. The average molecular weight is 476 g/mol. The summed E-state index contributed by atoms with van der Waals surface area (Å²) in [5.41, 5.74) is 7.37. The Morgan fingerprint density at radius 3 is 2.69 bits per heavy atom. The highest BCUT2D eigenvalue weighted by Gasteiger charge is 2.32. The number of hydrogen-bond acceptors (Lipinski definition) is 6. The van der Waals surface area contributed by atoms with Gasteiger partial charge >= 0.3 is 0 Å². The van der Waals surface area contributed by atoms with E-state index in [1.54, 1.807) is 18.6 Å². The van der Waals surface area contributed by atoms with E-state index in [1.807, 2.05) is 44.4 Å². The molecule has 0 spiro atoms. The molecule has 0 aromatic carbocycles. The van der Waals surface area contributed by atoms with Gasteiger partial charge in [-0.05, 0) is 41.5 Å². The van der Waals surface area contributed by atoms with Crippen molar-refractivity contribution in [3.63, 3.8) is 0 Å². The summed E-state index contributed by atoms with van der Waals surface area (Å²) in [5, 5.41) is 15.1. The van der Waals surface area contributed by atoms with Crippen molar-refractivity contribution in [1.82, 2.24) is 30.5 Å². The van der Waals surface area contributed by atoms with E-state index in [1.165, 1.54) is 11.1 Å². The summed E-state index contributed by atoms with van der Waals surface area (Å²) < 4.78 is 0. The molecule has 0 saturated carbocycles. The van der Waals surface area contributed by atoms with Gasteiger partial charge in [0, 0.05) is 53.1 Å². The Balaban J connectivity index is 1.34. The molecule has 0 saturated heterocycles. The van der Waals surface area contributed by atoms with E-state index in [0.717, 1.165) is 27.9 Å². The van der Waals surface area contributed by atoms with Gasteiger partial charge in [0.15, 0.2) is 5.65 Å². The molecule has 4 aromatic rings. The van der Waals surface area contributed by atoms with Gasteiger partial charge in [-0.3, -0.25) is 19.9 Å². The second kappa shape index (κ2) is 8.88. The van der Waals surface area contributed by atoms with Crippen LogP contribution in [0.4, 0.5) is 5.69 Å². The SMILES string of the molecule is CC(C)C(=O)Nc1cncc(-c2cnc3n[nH]c(C4=CC5C(c6ccncc6)=CC=CC5N4)c3c2)c1. The molecule has 0 radical (unpaired) electrons. The first-order chi connectivity index (χ1) is 17.6. The quantitative estimate of drug-likeness (QED) is 0.390. The minimum absolute atomic E-state index is 0.0467. The van der Waals surface area contributed by atoms with Crippen molar-refractivity contribution >= 4 is 33.9 Å². The lowest BCUT2D eigenvalue weighted by Crippen LogP contribution is -2.28. The number of aromatic amines is 1. The van der Waals surface area contributed by atoms with Crippen molar-refractivity contribution in [2.75, 3.05) is 5.32 Å². The Bertz CT molecular complexity index is 1550. The summed E-state index contributed by atoms with van der Waals surface area (Å²) in [4.78, 5) is 25.2. The lowest BCUT2D eigenvalue weighted by Gasteiger charge is -2.23. The number of allylic oxidation sites excluding steroid dienone is 2. The highest BCUT2D eigenvalue weighted by molar-refractivity contribution is 5.94. The smallest absolute Gasteiger partial charge is 0.226 e. The molecule has 6 rings (SSSR count). The lowest BCUT2D eigenvalue weighted by atomic mass is 9.85. The van der Waals surface area contributed by atoms with Crippen molar-refractivity contribution in [3.05, 3.63) is 90.8 Å². The Hall–Kier alpha value is -4.59. The fourth-order valence-corrected chi connectivity index (χ4v) is 4.65. The van der Waals surface area contributed by atoms with Gasteiger partial charge in [0.1, 0.15) is 0 Å². The van der Waals surface area contributed by atoms with Crippen LogP contribution in [0.3, 0.4) is 0 Å². The molecule has 1 aliphatic carbocycles. The first-order valence-electron chi connectivity index (χ1n) is 11.9. The van der Waals surface area contributed by atoms with Gasteiger partial charge in [0.05, 0.1) is 29.3 Å². The Kier molecular flexibility index (Phi) is 5.41. The minimum atomic E-state index is -0.111. The molecule has 2 atom stereocenters. The Morgan fingerprint density at radius 1 is 1.03 bits per heavy atom. The number of carbonyl (C=O) groups excluding carboxylic acids is 1. The fourth-order valence-electron chi connectivity index (χ4n) is 4.65. The van der Waals surface area contributed by atoms with E-state index < -0.39 is 0 Å². The first kappa shape index (κ1) is 21.9. The summed E-state index contributed by atoms with van der Waals surface area (Å²) >= 11 is 0. The Labute approximate surface area is 208 Å². The molecule has 1 amide bonds. The average Bonchev–Trinajstić information content (AvgIpc) is 3.53. The van der Waals surface area contributed by atoms with Crippen LogP contribution in [-0.2, 0) is 4.79 Å². The van der Waals surface area contributed by atoms with Crippen LogP contribution >= 0.6 is 0 Å². The zero-order valence-electron chi connectivity index (χ0n) is 19.9. The number of fused-ring (bicyclic) bond motifs is 2. The van der Waals surface area contributed by atoms with Crippen molar-refractivity contribution in [2.45, 2.75) is 19.9 Å². The topological polar surface area (TPSA) is 108 Å². The molecule has 0 bridgehead atoms. The van der Waals surface area contributed by atoms with E-state index in [2.05, 4.69) is 66.2 Å². The molecule has 178 valence electrons. The Morgan fingerprint density at radius 2 is 1.86 bits per heavy atom. The number of amides is 1. The van der Waals surface area contributed by atoms with Gasteiger partial charge in [-0.2, -0.15) is 5.10 Å². The molecule has 1 aliphatic heterocycles.